The van der Waals surface area contributed by atoms with E-state index >= 15 is 0 Å². The highest BCUT2D eigenvalue weighted by atomic mass is 19.4. The third-order valence-electron chi connectivity index (χ3n) is 3.57. The van der Waals surface area contributed by atoms with Crippen molar-refractivity contribution in [3.05, 3.63) is 29.6 Å². The van der Waals surface area contributed by atoms with Crippen molar-refractivity contribution < 1.29 is 18.0 Å². The second-order valence-electron chi connectivity index (χ2n) is 4.89. The van der Waals surface area contributed by atoms with Gasteiger partial charge in [0.2, 0.25) is 0 Å². The molecule has 3 nitrogen and oxygen atoms in total. The Balaban J connectivity index is 1.81. The zero-order valence-corrected chi connectivity index (χ0v) is 9.44. The lowest BCUT2D eigenvalue weighted by molar-refractivity contribution is -0.137. The summed E-state index contributed by atoms with van der Waals surface area (Å²) in [5, 5.41) is 0. The fourth-order valence-electron chi connectivity index (χ4n) is 2.45. The molecule has 1 aromatic rings. The molecule has 2 aliphatic rings. The summed E-state index contributed by atoms with van der Waals surface area (Å²) in [5.41, 5.74) is -0.948. The number of rotatable bonds is 1. The molecule has 0 radical (unpaired) electrons. The van der Waals surface area contributed by atoms with Crippen molar-refractivity contribution in [2.75, 3.05) is 13.1 Å². The van der Waals surface area contributed by atoms with Crippen LogP contribution in [0.4, 0.5) is 13.2 Å². The number of fused-ring (bicyclic) bond motifs is 1. The van der Waals surface area contributed by atoms with Gasteiger partial charge in [-0.25, -0.2) is 0 Å². The van der Waals surface area contributed by atoms with Crippen molar-refractivity contribution in [3.8, 4) is 0 Å². The van der Waals surface area contributed by atoms with Crippen molar-refractivity contribution >= 4 is 5.91 Å². The Morgan fingerprint density at radius 1 is 1.33 bits per heavy atom. The maximum Gasteiger partial charge on any atom is 0.416 e. The first-order chi connectivity index (χ1) is 8.45. The van der Waals surface area contributed by atoms with Gasteiger partial charge in [0.25, 0.3) is 5.91 Å². The molecule has 6 heteroatoms. The number of pyridine rings is 1. The number of hydrogen-bond acceptors (Lipinski definition) is 2. The number of aromatic nitrogens is 1. The third-order valence-corrected chi connectivity index (χ3v) is 3.57. The van der Waals surface area contributed by atoms with Crippen molar-refractivity contribution in [3.63, 3.8) is 0 Å². The molecule has 96 valence electrons. The average molecular weight is 256 g/mol. The molecule has 18 heavy (non-hydrogen) atoms. The lowest BCUT2D eigenvalue weighted by atomic mass is 10.2. The van der Waals surface area contributed by atoms with E-state index in [0.29, 0.717) is 24.9 Å². The van der Waals surface area contributed by atoms with Gasteiger partial charge in [0.15, 0.2) is 0 Å². The fourth-order valence-corrected chi connectivity index (χ4v) is 2.45. The average Bonchev–Trinajstić information content (AvgIpc) is 2.94. The van der Waals surface area contributed by atoms with Gasteiger partial charge < -0.3 is 4.90 Å². The maximum atomic E-state index is 12.5. The summed E-state index contributed by atoms with van der Waals surface area (Å²) >= 11 is 0. The molecule has 1 aromatic heterocycles. The Labute approximate surface area is 102 Å². The first kappa shape index (κ1) is 11.5. The Morgan fingerprint density at radius 3 is 2.61 bits per heavy atom. The van der Waals surface area contributed by atoms with Crippen LogP contribution in [-0.2, 0) is 6.18 Å². The van der Waals surface area contributed by atoms with Gasteiger partial charge in [-0.1, -0.05) is 0 Å². The molecular weight excluding hydrogens is 245 g/mol. The molecule has 0 N–H and O–H groups in total. The SMILES string of the molecule is O=C(c1cc(C(F)(F)F)ccn1)N1CC2CC2C1. The number of hydrogen-bond donors (Lipinski definition) is 0. The molecule has 2 fully saturated rings. The highest BCUT2D eigenvalue weighted by Gasteiger charge is 2.47. The summed E-state index contributed by atoms with van der Waals surface area (Å²) in [4.78, 5) is 17.3. The number of likely N-dealkylation sites (tertiary alicyclic amines) is 1. The first-order valence-corrected chi connectivity index (χ1v) is 5.77. The highest BCUT2D eigenvalue weighted by Crippen LogP contribution is 2.45. The van der Waals surface area contributed by atoms with E-state index < -0.39 is 17.6 Å². The van der Waals surface area contributed by atoms with Crippen LogP contribution in [0.25, 0.3) is 0 Å². The Morgan fingerprint density at radius 2 is 2.00 bits per heavy atom. The molecular formula is C12H11F3N2O. The van der Waals surface area contributed by atoms with Crippen LogP contribution in [0, 0.1) is 11.8 Å². The summed E-state index contributed by atoms with van der Waals surface area (Å²) in [6.07, 6.45) is -2.27. The molecule has 1 aliphatic carbocycles. The molecule has 2 unspecified atom stereocenters. The van der Waals surface area contributed by atoms with E-state index in [0.717, 1.165) is 24.8 Å². The topological polar surface area (TPSA) is 33.2 Å². The minimum atomic E-state index is -4.44. The van der Waals surface area contributed by atoms with Gasteiger partial charge in [-0.05, 0) is 30.4 Å². The largest absolute Gasteiger partial charge is 0.416 e. The van der Waals surface area contributed by atoms with E-state index in [-0.39, 0.29) is 5.69 Å². The predicted octanol–water partition coefficient (Wildman–Crippen LogP) is 2.19. The first-order valence-electron chi connectivity index (χ1n) is 5.77. The van der Waals surface area contributed by atoms with E-state index in [9.17, 15) is 18.0 Å². The molecule has 0 aromatic carbocycles. The van der Waals surface area contributed by atoms with Crippen LogP contribution in [0.5, 0.6) is 0 Å². The predicted molar refractivity (Wildman–Crippen MR) is 56.7 cm³/mol. The van der Waals surface area contributed by atoms with Gasteiger partial charge in [0, 0.05) is 19.3 Å². The smallest absolute Gasteiger partial charge is 0.337 e. The Kier molecular flexibility index (Phi) is 2.36. The van der Waals surface area contributed by atoms with Gasteiger partial charge in [0.1, 0.15) is 5.69 Å². The lowest BCUT2D eigenvalue weighted by Gasteiger charge is -2.17. The quantitative estimate of drug-likeness (QED) is 0.771. The van der Waals surface area contributed by atoms with Crippen molar-refractivity contribution in [2.24, 2.45) is 11.8 Å². The van der Waals surface area contributed by atoms with E-state index in [1.807, 2.05) is 0 Å². The van der Waals surface area contributed by atoms with Gasteiger partial charge in [-0.15, -0.1) is 0 Å². The molecule has 1 aliphatic heterocycles. The van der Waals surface area contributed by atoms with Crippen LogP contribution >= 0.6 is 0 Å². The van der Waals surface area contributed by atoms with Crippen LogP contribution < -0.4 is 0 Å². The molecule has 0 bridgehead atoms. The molecule has 2 atom stereocenters. The number of alkyl halides is 3. The van der Waals surface area contributed by atoms with E-state index in [4.69, 9.17) is 0 Å². The Hall–Kier alpha value is -1.59. The minimum absolute atomic E-state index is 0.119. The number of halogens is 3. The van der Waals surface area contributed by atoms with Crippen LogP contribution in [0.2, 0.25) is 0 Å². The van der Waals surface area contributed by atoms with Crippen LogP contribution in [-0.4, -0.2) is 28.9 Å². The summed E-state index contributed by atoms with van der Waals surface area (Å²) < 4.78 is 37.6. The number of piperidine rings is 1. The summed E-state index contributed by atoms with van der Waals surface area (Å²) in [6, 6.07) is 1.70. The zero-order valence-electron chi connectivity index (χ0n) is 9.44. The molecule has 1 saturated carbocycles. The Bertz CT molecular complexity index is 490. The standard InChI is InChI=1S/C12H11F3N2O/c13-12(14,15)9-1-2-16-10(4-9)11(18)17-5-7-3-8(7)6-17/h1-2,4,7-8H,3,5-6H2. The number of nitrogens with zero attached hydrogens (tertiary/aromatic N) is 2. The van der Waals surface area contributed by atoms with E-state index in [1.54, 1.807) is 4.90 Å². The van der Waals surface area contributed by atoms with E-state index in [2.05, 4.69) is 4.98 Å². The third kappa shape index (κ3) is 1.95. The normalized spacial score (nSPS) is 26.1. The molecule has 2 heterocycles. The number of carbonyl (C=O) groups excluding carboxylic acids is 1. The second kappa shape index (κ2) is 3.70. The summed E-state index contributed by atoms with van der Waals surface area (Å²) in [6.45, 7) is 1.31. The van der Waals surface area contributed by atoms with Gasteiger partial charge in [-0.3, -0.25) is 9.78 Å². The lowest BCUT2D eigenvalue weighted by Crippen LogP contribution is -2.31. The summed E-state index contributed by atoms with van der Waals surface area (Å²) in [7, 11) is 0. The highest BCUT2D eigenvalue weighted by molar-refractivity contribution is 5.92. The number of amides is 1. The van der Waals surface area contributed by atoms with Crippen LogP contribution in [0.15, 0.2) is 18.3 Å². The second-order valence-corrected chi connectivity index (χ2v) is 4.89. The monoisotopic (exact) mass is 256 g/mol. The molecule has 3 rings (SSSR count). The number of carbonyl (C=O) groups is 1. The van der Waals surface area contributed by atoms with Crippen molar-refractivity contribution in [1.29, 1.82) is 0 Å². The van der Waals surface area contributed by atoms with Crippen molar-refractivity contribution in [2.45, 2.75) is 12.6 Å². The summed E-state index contributed by atoms with van der Waals surface area (Å²) in [5.74, 6) is 0.716. The van der Waals surface area contributed by atoms with Crippen molar-refractivity contribution in [1.82, 2.24) is 9.88 Å². The molecule has 1 amide bonds. The van der Waals surface area contributed by atoms with Gasteiger partial charge >= 0.3 is 6.18 Å². The maximum absolute atomic E-state index is 12.5. The van der Waals surface area contributed by atoms with E-state index in [1.165, 1.54) is 0 Å². The fraction of sp³-hybridized carbons (Fsp3) is 0.500. The van der Waals surface area contributed by atoms with Crippen LogP contribution in [0.1, 0.15) is 22.5 Å². The van der Waals surface area contributed by atoms with Crippen LogP contribution in [0.3, 0.4) is 0 Å². The van der Waals surface area contributed by atoms with Gasteiger partial charge in [-0.2, -0.15) is 13.2 Å². The molecule has 0 spiro atoms. The van der Waals surface area contributed by atoms with Gasteiger partial charge in [0.05, 0.1) is 5.56 Å². The minimum Gasteiger partial charge on any atom is -0.337 e. The molecule has 1 saturated heterocycles. The zero-order chi connectivity index (χ0) is 12.9.